The summed E-state index contributed by atoms with van der Waals surface area (Å²) in [6.45, 7) is 0. The average Bonchev–Trinajstić information content (AvgIpc) is 2.81. The molecule has 1 fully saturated rings. The van der Waals surface area contributed by atoms with E-state index in [0.29, 0.717) is 12.8 Å². The van der Waals surface area contributed by atoms with Crippen molar-refractivity contribution >= 4 is 5.57 Å². The minimum Gasteiger partial charge on any atom is -0.333 e. The van der Waals surface area contributed by atoms with Crippen LogP contribution in [0.5, 0.6) is 0 Å². The highest BCUT2D eigenvalue weighted by Gasteiger charge is 2.37. The van der Waals surface area contributed by atoms with Gasteiger partial charge in [0.2, 0.25) is 0 Å². The number of halogens is 3. The van der Waals surface area contributed by atoms with Gasteiger partial charge in [-0.15, -0.1) is 0 Å². The molecule has 1 aromatic heterocycles. The second kappa shape index (κ2) is 4.80. The first-order valence-electron chi connectivity index (χ1n) is 5.56. The van der Waals surface area contributed by atoms with E-state index in [9.17, 15) is 13.2 Å². The third-order valence-electron chi connectivity index (χ3n) is 2.82. The zero-order valence-corrected chi connectivity index (χ0v) is 9.42. The molecule has 1 aromatic rings. The second-order valence-corrected chi connectivity index (χ2v) is 4.07. The lowest BCUT2D eigenvalue weighted by Crippen LogP contribution is -2.07. The largest absolute Gasteiger partial charge is 0.455 e. The topological polar surface area (TPSA) is 62.7 Å². The molecule has 0 aliphatic heterocycles. The number of allylic oxidation sites excluding steroid dienone is 2. The molecule has 2 rings (SSSR count). The van der Waals surface area contributed by atoms with Crippen molar-refractivity contribution in [3.05, 3.63) is 17.3 Å². The first kappa shape index (κ1) is 12.6. The lowest BCUT2D eigenvalue weighted by Gasteiger charge is -2.13. The SMILES string of the molecule is N#CC(=C1CCCCC1)c1nc(C(F)(F)F)no1. The van der Waals surface area contributed by atoms with Gasteiger partial charge in [-0.1, -0.05) is 11.6 Å². The third-order valence-corrected chi connectivity index (χ3v) is 2.82. The molecule has 96 valence electrons. The van der Waals surface area contributed by atoms with Gasteiger partial charge in [0, 0.05) is 0 Å². The van der Waals surface area contributed by atoms with Crippen LogP contribution >= 0.6 is 0 Å². The lowest BCUT2D eigenvalue weighted by molar-refractivity contribution is -0.146. The molecule has 0 aromatic carbocycles. The molecule has 1 aliphatic rings. The molecule has 7 heteroatoms. The van der Waals surface area contributed by atoms with Crippen molar-refractivity contribution in [1.29, 1.82) is 5.26 Å². The number of aromatic nitrogens is 2. The molecular formula is C11H10F3N3O. The fraction of sp³-hybridized carbons (Fsp3) is 0.545. The van der Waals surface area contributed by atoms with Crippen LogP contribution in [0, 0.1) is 11.3 Å². The molecule has 0 amide bonds. The van der Waals surface area contributed by atoms with Crippen LogP contribution in [0.15, 0.2) is 10.1 Å². The highest BCUT2D eigenvalue weighted by molar-refractivity contribution is 5.74. The Labute approximate surface area is 101 Å². The maximum Gasteiger partial charge on any atom is 0.455 e. The minimum absolute atomic E-state index is 0.0951. The van der Waals surface area contributed by atoms with Crippen LogP contribution in [-0.2, 0) is 6.18 Å². The van der Waals surface area contributed by atoms with Crippen molar-refractivity contribution in [2.75, 3.05) is 0 Å². The van der Waals surface area contributed by atoms with Gasteiger partial charge < -0.3 is 4.52 Å². The molecule has 1 saturated carbocycles. The summed E-state index contributed by atoms with van der Waals surface area (Å²) in [6, 6.07) is 1.87. The van der Waals surface area contributed by atoms with Gasteiger partial charge >= 0.3 is 6.18 Å². The zero-order chi connectivity index (χ0) is 13.2. The molecule has 0 radical (unpaired) electrons. The Morgan fingerprint density at radius 2 is 1.89 bits per heavy atom. The van der Waals surface area contributed by atoms with Crippen LogP contribution in [0.25, 0.3) is 5.57 Å². The monoisotopic (exact) mass is 257 g/mol. The van der Waals surface area contributed by atoms with Crippen LogP contribution in [0.3, 0.4) is 0 Å². The van der Waals surface area contributed by atoms with E-state index in [2.05, 4.69) is 14.7 Å². The first-order chi connectivity index (χ1) is 8.52. The summed E-state index contributed by atoms with van der Waals surface area (Å²) in [5, 5.41) is 11.9. The Hall–Kier alpha value is -1.84. The Bertz CT molecular complexity index is 502. The molecule has 18 heavy (non-hydrogen) atoms. The maximum absolute atomic E-state index is 12.3. The van der Waals surface area contributed by atoms with Gasteiger partial charge in [0.1, 0.15) is 11.6 Å². The highest BCUT2D eigenvalue weighted by atomic mass is 19.4. The Morgan fingerprint density at radius 1 is 1.22 bits per heavy atom. The number of nitrogens with zero attached hydrogens (tertiary/aromatic N) is 3. The summed E-state index contributed by atoms with van der Waals surface area (Å²) >= 11 is 0. The maximum atomic E-state index is 12.3. The normalized spacial score (nSPS) is 16.4. The van der Waals surface area contributed by atoms with Gasteiger partial charge in [0.05, 0.1) is 0 Å². The number of hydrogen-bond donors (Lipinski definition) is 0. The smallest absolute Gasteiger partial charge is 0.333 e. The third kappa shape index (κ3) is 2.53. The van der Waals surface area contributed by atoms with Crippen LogP contribution < -0.4 is 0 Å². The van der Waals surface area contributed by atoms with Crippen molar-refractivity contribution in [3.63, 3.8) is 0 Å². The van der Waals surface area contributed by atoms with E-state index in [-0.39, 0.29) is 11.5 Å². The van der Waals surface area contributed by atoms with E-state index in [1.54, 1.807) is 0 Å². The molecular weight excluding hydrogens is 247 g/mol. The van der Waals surface area contributed by atoms with Crippen molar-refractivity contribution in [2.24, 2.45) is 0 Å². The Kier molecular flexibility index (Phi) is 3.36. The molecule has 4 nitrogen and oxygen atoms in total. The molecule has 0 unspecified atom stereocenters. The second-order valence-electron chi connectivity index (χ2n) is 4.07. The van der Waals surface area contributed by atoms with E-state index in [4.69, 9.17) is 5.26 Å². The molecule has 0 saturated heterocycles. The van der Waals surface area contributed by atoms with Crippen molar-refractivity contribution in [3.8, 4) is 6.07 Å². The summed E-state index contributed by atoms with van der Waals surface area (Å²) in [5.74, 6) is -1.68. The first-order valence-corrected chi connectivity index (χ1v) is 5.56. The number of alkyl halides is 3. The van der Waals surface area contributed by atoms with Gasteiger partial charge in [0.15, 0.2) is 0 Å². The predicted molar refractivity (Wildman–Crippen MR) is 54.9 cm³/mol. The molecule has 1 aliphatic carbocycles. The zero-order valence-electron chi connectivity index (χ0n) is 9.42. The van der Waals surface area contributed by atoms with Crippen molar-refractivity contribution in [2.45, 2.75) is 38.3 Å². The predicted octanol–water partition coefficient (Wildman–Crippen LogP) is 3.33. The van der Waals surface area contributed by atoms with E-state index in [1.165, 1.54) is 0 Å². The van der Waals surface area contributed by atoms with Crippen LogP contribution in [0.4, 0.5) is 13.2 Å². The summed E-state index contributed by atoms with van der Waals surface area (Å²) in [4.78, 5) is 3.24. The number of nitriles is 1. The molecule has 0 spiro atoms. The Balaban J connectivity index is 2.34. The van der Waals surface area contributed by atoms with Gasteiger partial charge in [-0.25, -0.2) is 0 Å². The molecule has 0 N–H and O–H groups in total. The van der Waals surface area contributed by atoms with Gasteiger partial charge in [0.25, 0.3) is 11.7 Å². The molecule has 0 atom stereocenters. The molecule has 1 heterocycles. The van der Waals surface area contributed by atoms with E-state index >= 15 is 0 Å². The summed E-state index contributed by atoms with van der Waals surface area (Å²) < 4.78 is 41.5. The summed E-state index contributed by atoms with van der Waals surface area (Å²) in [5.41, 5.74) is 0.902. The molecule has 0 bridgehead atoms. The van der Waals surface area contributed by atoms with Crippen molar-refractivity contribution < 1.29 is 17.7 Å². The summed E-state index contributed by atoms with van der Waals surface area (Å²) in [7, 11) is 0. The van der Waals surface area contributed by atoms with E-state index < -0.39 is 12.0 Å². The van der Waals surface area contributed by atoms with E-state index in [1.807, 2.05) is 6.07 Å². The number of hydrogen-bond acceptors (Lipinski definition) is 4. The summed E-state index contributed by atoms with van der Waals surface area (Å²) in [6.07, 6.45) is -0.319. The Morgan fingerprint density at radius 3 is 2.39 bits per heavy atom. The quantitative estimate of drug-likeness (QED) is 0.724. The number of rotatable bonds is 1. The average molecular weight is 257 g/mol. The van der Waals surface area contributed by atoms with Crippen LogP contribution in [0.2, 0.25) is 0 Å². The van der Waals surface area contributed by atoms with Gasteiger partial charge in [-0.3, -0.25) is 0 Å². The van der Waals surface area contributed by atoms with Gasteiger partial charge in [-0.2, -0.15) is 23.4 Å². The fourth-order valence-electron chi connectivity index (χ4n) is 1.95. The highest BCUT2D eigenvalue weighted by Crippen LogP contribution is 2.32. The lowest BCUT2D eigenvalue weighted by atomic mass is 9.91. The van der Waals surface area contributed by atoms with Crippen LogP contribution in [0.1, 0.15) is 43.8 Å². The van der Waals surface area contributed by atoms with Crippen molar-refractivity contribution in [1.82, 2.24) is 10.1 Å². The fourth-order valence-corrected chi connectivity index (χ4v) is 1.95. The standard InChI is InChI=1S/C11H10F3N3O/c12-11(13,14)10-16-9(18-17-10)8(6-15)7-4-2-1-3-5-7/h1-5H2. The van der Waals surface area contributed by atoms with Crippen LogP contribution in [-0.4, -0.2) is 10.1 Å². The van der Waals surface area contributed by atoms with Gasteiger partial charge in [-0.05, 0) is 31.3 Å². The van der Waals surface area contributed by atoms with E-state index in [0.717, 1.165) is 24.8 Å². The minimum atomic E-state index is -4.65.